The topological polar surface area (TPSA) is 41.0 Å². The van der Waals surface area contributed by atoms with Crippen molar-refractivity contribution in [2.75, 3.05) is 32.5 Å². The van der Waals surface area contributed by atoms with Crippen LogP contribution in [0, 0.1) is 0 Å². The highest BCUT2D eigenvalue weighted by molar-refractivity contribution is 9.11. The third-order valence-corrected chi connectivity index (χ3v) is 2.77. The molecule has 0 aliphatic heterocycles. The molecule has 0 amide bonds. The lowest BCUT2D eigenvalue weighted by Crippen LogP contribution is -2.16. The van der Waals surface area contributed by atoms with Crippen LogP contribution in [0.4, 0.5) is 5.13 Å². The number of hydrogen-bond acceptors (Lipinski definition) is 5. The fourth-order valence-corrected chi connectivity index (χ4v) is 1.90. The van der Waals surface area contributed by atoms with Crippen LogP contribution in [0.2, 0.25) is 0 Å². The molecule has 0 radical (unpaired) electrons. The van der Waals surface area contributed by atoms with Gasteiger partial charge >= 0.3 is 0 Å². The minimum absolute atomic E-state index is 0.822. The Morgan fingerprint density at radius 3 is 2.77 bits per heavy atom. The molecule has 0 unspecified atom stereocenters. The van der Waals surface area contributed by atoms with Gasteiger partial charge in [-0.1, -0.05) is 11.3 Å². The Labute approximate surface area is 90.5 Å². The summed E-state index contributed by atoms with van der Waals surface area (Å²) in [4.78, 5) is 2.16. The second-order valence-electron chi connectivity index (χ2n) is 2.94. The van der Waals surface area contributed by atoms with Gasteiger partial charge in [0, 0.05) is 6.54 Å². The molecule has 74 valence electrons. The van der Waals surface area contributed by atoms with Crippen molar-refractivity contribution in [3.05, 3.63) is 3.92 Å². The van der Waals surface area contributed by atoms with Gasteiger partial charge in [0.1, 0.15) is 0 Å². The first-order valence-corrected chi connectivity index (χ1v) is 5.67. The average Bonchev–Trinajstić information content (AvgIpc) is 2.45. The van der Waals surface area contributed by atoms with Gasteiger partial charge < -0.3 is 10.2 Å². The number of rotatable bonds is 5. The van der Waals surface area contributed by atoms with E-state index in [2.05, 4.69) is 50.4 Å². The number of nitrogens with one attached hydrogen (secondary N) is 1. The van der Waals surface area contributed by atoms with Gasteiger partial charge in [-0.2, -0.15) is 0 Å². The Kier molecular flexibility index (Phi) is 4.61. The molecule has 0 saturated heterocycles. The van der Waals surface area contributed by atoms with Crippen LogP contribution in [-0.2, 0) is 0 Å². The molecule has 1 rings (SSSR count). The van der Waals surface area contributed by atoms with Crippen LogP contribution < -0.4 is 5.32 Å². The molecule has 0 aliphatic rings. The molecule has 1 heterocycles. The minimum Gasteiger partial charge on any atom is -0.360 e. The van der Waals surface area contributed by atoms with Gasteiger partial charge in [-0.15, -0.1) is 10.2 Å². The largest absolute Gasteiger partial charge is 0.360 e. The third kappa shape index (κ3) is 4.54. The van der Waals surface area contributed by atoms with Gasteiger partial charge in [-0.25, -0.2) is 0 Å². The van der Waals surface area contributed by atoms with Crippen LogP contribution in [0.25, 0.3) is 0 Å². The number of halogens is 1. The van der Waals surface area contributed by atoms with E-state index in [0.717, 1.165) is 28.6 Å². The van der Waals surface area contributed by atoms with Crippen molar-refractivity contribution in [1.29, 1.82) is 0 Å². The Balaban J connectivity index is 2.13. The number of aromatic nitrogens is 2. The predicted molar refractivity (Wildman–Crippen MR) is 59.3 cm³/mol. The molecule has 13 heavy (non-hydrogen) atoms. The molecule has 6 heteroatoms. The van der Waals surface area contributed by atoms with E-state index >= 15 is 0 Å². The number of anilines is 1. The van der Waals surface area contributed by atoms with Gasteiger partial charge in [0.2, 0.25) is 5.13 Å². The molecule has 0 aromatic carbocycles. The van der Waals surface area contributed by atoms with E-state index in [1.807, 2.05) is 0 Å². The van der Waals surface area contributed by atoms with E-state index in [9.17, 15) is 0 Å². The van der Waals surface area contributed by atoms with Gasteiger partial charge in [0.25, 0.3) is 0 Å². The quantitative estimate of drug-likeness (QED) is 0.822. The summed E-state index contributed by atoms with van der Waals surface area (Å²) in [6.45, 7) is 2.03. The highest BCUT2D eigenvalue weighted by Crippen LogP contribution is 2.19. The van der Waals surface area contributed by atoms with E-state index in [1.165, 1.54) is 11.3 Å². The van der Waals surface area contributed by atoms with Crippen LogP contribution in [0.5, 0.6) is 0 Å². The molecule has 0 saturated carbocycles. The second kappa shape index (κ2) is 5.51. The maximum atomic E-state index is 3.93. The van der Waals surface area contributed by atoms with Crippen molar-refractivity contribution >= 4 is 32.4 Å². The summed E-state index contributed by atoms with van der Waals surface area (Å²) in [5.41, 5.74) is 0. The monoisotopic (exact) mass is 264 g/mol. The smallest absolute Gasteiger partial charge is 0.206 e. The second-order valence-corrected chi connectivity index (χ2v) is 5.20. The molecular weight excluding hydrogens is 252 g/mol. The van der Waals surface area contributed by atoms with Crippen molar-refractivity contribution in [2.24, 2.45) is 0 Å². The van der Waals surface area contributed by atoms with Gasteiger partial charge in [-0.05, 0) is 43.0 Å². The normalized spacial score (nSPS) is 10.8. The molecule has 0 aliphatic carbocycles. The van der Waals surface area contributed by atoms with Crippen LogP contribution in [-0.4, -0.2) is 42.3 Å². The lowest BCUT2D eigenvalue weighted by molar-refractivity contribution is 0.405. The summed E-state index contributed by atoms with van der Waals surface area (Å²) in [6.07, 6.45) is 1.12. The Morgan fingerprint density at radius 1 is 1.46 bits per heavy atom. The third-order valence-electron chi connectivity index (χ3n) is 1.46. The number of hydrogen-bond donors (Lipinski definition) is 1. The lowest BCUT2D eigenvalue weighted by atomic mass is 10.4. The van der Waals surface area contributed by atoms with E-state index in [1.54, 1.807) is 0 Å². The van der Waals surface area contributed by atoms with Crippen LogP contribution in [0.3, 0.4) is 0 Å². The zero-order valence-electron chi connectivity index (χ0n) is 7.75. The maximum absolute atomic E-state index is 3.93. The molecule has 1 aromatic heterocycles. The fourth-order valence-electron chi connectivity index (χ4n) is 0.867. The van der Waals surface area contributed by atoms with Crippen LogP contribution >= 0.6 is 27.3 Å². The summed E-state index contributed by atoms with van der Waals surface area (Å²) in [5.74, 6) is 0. The molecular formula is C7H13BrN4S. The summed E-state index contributed by atoms with van der Waals surface area (Å²) >= 11 is 4.78. The maximum Gasteiger partial charge on any atom is 0.206 e. The molecule has 1 aromatic rings. The van der Waals surface area contributed by atoms with Crippen LogP contribution in [0.1, 0.15) is 6.42 Å². The lowest BCUT2D eigenvalue weighted by Gasteiger charge is -2.08. The minimum atomic E-state index is 0.822. The Hall–Kier alpha value is -0.200. The highest BCUT2D eigenvalue weighted by atomic mass is 79.9. The van der Waals surface area contributed by atoms with Gasteiger partial charge in [0.15, 0.2) is 3.92 Å². The number of nitrogens with zero attached hydrogens (tertiary/aromatic N) is 3. The highest BCUT2D eigenvalue weighted by Gasteiger charge is 1.99. The zero-order chi connectivity index (χ0) is 9.68. The Bertz CT molecular complexity index is 250. The first-order valence-electron chi connectivity index (χ1n) is 4.06. The van der Waals surface area contributed by atoms with Gasteiger partial charge in [0.05, 0.1) is 0 Å². The fraction of sp³-hybridized carbons (Fsp3) is 0.714. The Morgan fingerprint density at radius 2 is 2.23 bits per heavy atom. The standard InChI is InChI=1S/C7H13BrN4S/c1-12(2)5-3-4-9-7-11-10-6(8)13-7/h3-5H2,1-2H3,(H,9,11). The summed E-state index contributed by atoms with van der Waals surface area (Å²) in [7, 11) is 4.14. The molecule has 0 fully saturated rings. The van der Waals surface area contributed by atoms with E-state index < -0.39 is 0 Å². The van der Waals surface area contributed by atoms with E-state index in [4.69, 9.17) is 0 Å². The summed E-state index contributed by atoms with van der Waals surface area (Å²) in [5, 5.41) is 11.9. The molecule has 0 spiro atoms. The van der Waals surface area contributed by atoms with Gasteiger partial charge in [-0.3, -0.25) is 0 Å². The van der Waals surface area contributed by atoms with Crippen molar-refractivity contribution in [3.63, 3.8) is 0 Å². The van der Waals surface area contributed by atoms with E-state index in [-0.39, 0.29) is 0 Å². The first kappa shape index (κ1) is 10.9. The van der Waals surface area contributed by atoms with Crippen molar-refractivity contribution in [2.45, 2.75) is 6.42 Å². The van der Waals surface area contributed by atoms with Crippen molar-refractivity contribution in [1.82, 2.24) is 15.1 Å². The summed E-state index contributed by atoms with van der Waals surface area (Å²) < 4.78 is 0.822. The van der Waals surface area contributed by atoms with Crippen LogP contribution in [0.15, 0.2) is 3.92 Å². The first-order chi connectivity index (χ1) is 6.18. The molecule has 4 nitrogen and oxygen atoms in total. The average molecular weight is 265 g/mol. The van der Waals surface area contributed by atoms with Crippen molar-refractivity contribution < 1.29 is 0 Å². The van der Waals surface area contributed by atoms with E-state index in [0.29, 0.717) is 0 Å². The SMILES string of the molecule is CN(C)CCCNc1nnc(Br)s1. The summed E-state index contributed by atoms with van der Waals surface area (Å²) in [6, 6.07) is 0. The molecule has 1 N–H and O–H groups in total. The predicted octanol–water partition coefficient (Wildman–Crippen LogP) is 1.66. The molecule has 0 atom stereocenters. The molecule has 0 bridgehead atoms. The van der Waals surface area contributed by atoms with Crippen molar-refractivity contribution in [3.8, 4) is 0 Å². The zero-order valence-corrected chi connectivity index (χ0v) is 10.2.